The molecule has 92 valence electrons. The van der Waals surface area contributed by atoms with Crippen molar-refractivity contribution in [1.82, 2.24) is 4.98 Å². The highest BCUT2D eigenvalue weighted by Crippen LogP contribution is 2.16. The third kappa shape index (κ3) is 3.05. The molecule has 0 aliphatic carbocycles. The molecule has 0 fully saturated rings. The second kappa shape index (κ2) is 5.60. The molecule has 2 N–H and O–H groups in total. The van der Waals surface area contributed by atoms with Crippen molar-refractivity contribution in [3.05, 3.63) is 59.9 Å². The lowest BCUT2D eigenvalue weighted by Crippen LogP contribution is -2.17. The van der Waals surface area contributed by atoms with Crippen LogP contribution in [0.5, 0.6) is 0 Å². The van der Waals surface area contributed by atoms with Crippen LogP contribution in [0.4, 0.5) is 5.69 Å². The first-order valence-corrected chi connectivity index (χ1v) is 6.07. The number of pyridine rings is 1. The van der Waals surface area contributed by atoms with Gasteiger partial charge in [0.05, 0.1) is 0 Å². The predicted octanol–water partition coefficient (Wildman–Crippen LogP) is 2.35. The predicted molar refractivity (Wildman–Crippen MR) is 78.7 cm³/mol. The van der Waals surface area contributed by atoms with E-state index >= 15 is 0 Å². The minimum Gasteiger partial charge on any atom is -0.389 e. The van der Waals surface area contributed by atoms with Gasteiger partial charge >= 0.3 is 0 Å². The molecule has 4 heteroatoms. The van der Waals surface area contributed by atoms with Crippen LogP contribution in [-0.2, 0) is 6.54 Å². The first-order chi connectivity index (χ1) is 8.66. The largest absolute Gasteiger partial charge is 0.389 e. The zero-order valence-electron chi connectivity index (χ0n) is 10.2. The van der Waals surface area contributed by atoms with E-state index in [1.54, 1.807) is 6.20 Å². The molecule has 3 nitrogen and oxygen atoms in total. The molecule has 1 aromatic heterocycles. The number of hydrogen-bond acceptors (Lipinski definition) is 3. The quantitative estimate of drug-likeness (QED) is 0.854. The van der Waals surface area contributed by atoms with Gasteiger partial charge in [0, 0.05) is 37.2 Å². The Morgan fingerprint density at radius 3 is 2.56 bits per heavy atom. The topological polar surface area (TPSA) is 42.2 Å². The maximum Gasteiger partial charge on any atom is 0.103 e. The molecule has 0 saturated carbocycles. The number of anilines is 1. The lowest BCUT2D eigenvalue weighted by Gasteiger charge is -2.19. The van der Waals surface area contributed by atoms with Crippen LogP contribution in [0.2, 0.25) is 0 Å². The van der Waals surface area contributed by atoms with Crippen molar-refractivity contribution >= 4 is 22.9 Å². The highest BCUT2D eigenvalue weighted by molar-refractivity contribution is 7.80. The van der Waals surface area contributed by atoms with E-state index in [1.165, 1.54) is 5.56 Å². The van der Waals surface area contributed by atoms with E-state index in [-0.39, 0.29) is 0 Å². The zero-order chi connectivity index (χ0) is 13.0. The summed E-state index contributed by atoms with van der Waals surface area (Å²) < 4.78 is 0. The molecule has 0 aliphatic rings. The Labute approximate surface area is 112 Å². The van der Waals surface area contributed by atoms with Gasteiger partial charge in [0.25, 0.3) is 0 Å². The Kier molecular flexibility index (Phi) is 3.89. The van der Waals surface area contributed by atoms with Crippen molar-refractivity contribution < 1.29 is 0 Å². The molecule has 0 radical (unpaired) electrons. The first kappa shape index (κ1) is 12.5. The summed E-state index contributed by atoms with van der Waals surface area (Å²) in [6.07, 6.45) is 3.65. The van der Waals surface area contributed by atoms with Crippen LogP contribution < -0.4 is 10.6 Å². The van der Waals surface area contributed by atoms with Gasteiger partial charge < -0.3 is 10.6 Å². The molecule has 1 heterocycles. The van der Waals surface area contributed by atoms with Crippen LogP contribution >= 0.6 is 12.2 Å². The summed E-state index contributed by atoms with van der Waals surface area (Å²) in [6, 6.07) is 11.9. The normalized spacial score (nSPS) is 10.1. The van der Waals surface area contributed by atoms with Gasteiger partial charge in [-0.15, -0.1) is 0 Å². The summed E-state index contributed by atoms with van der Waals surface area (Å²) in [5.74, 6) is 0. The van der Waals surface area contributed by atoms with Gasteiger partial charge in [0.15, 0.2) is 0 Å². The van der Waals surface area contributed by atoms with Gasteiger partial charge in [-0.3, -0.25) is 4.98 Å². The lowest BCUT2D eigenvalue weighted by atomic mass is 10.2. The lowest BCUT2D eigenvalue weighted by molar-refractivity contribution is 0.915. The number of hydrogen-bond donors (Lipinski definition) is 1. The number of nitrogens with zero attached hydrogens (tertiary/aromatic N) is 2. The van der Waals surface area contributed by atoms with Crippen molar-refractivity contribution in [3.8, 4) is 0 Å². The summed E-state index contributed by atoms with van der Waals surface area (Å²) >= 11 is 4.93. The van der Waals surface area contributed by atoms with Crippen molar-refractivity contribution in [2.24, 2.45) is 5.73 Å². The monoisotopic (exact) mass is 257 g/mol. The maximum absolute atomic E-state index is 5.57. The molecule has 0 saturated heterocycles. The van der Waals surface area contributed by atoms with Crippen molar-refractivity contribution in [1.29, 1.82) is 0 Å². The van der Waals surface area contributed by atoms with Crippen LogP contribution in [-0.4, -0.2) is 17.0 Å². The second-order valence-electron chi connectivity index (χ2n) is 4.13. The highest BCUT2D eigenvalue weighted by Gasteiger charge is 2.03. The minimum absolute atomic E-state index is 0.427. The van der Waals surface area contributed by atoms with Crippen molar-refractivity contribution in [2.45, 2.75) is 6.54 Å². The summed E-state index contributed by atoms with van der Waals surface area (Å²) in [7, 11) is 2.04. The van der Waals surface area contributed by atoms with Gasteiger partial charge in [-0.25, -0.2) is 0 Å². The molecular weight excluding hydrogens is 242 g/mol. The Balaban J connectivity index is 2.09. The van der Waals surface area contributed by atoms with E-state index in [1.807, 2.05) is 43.6 Å². The smallest absolute Gasteiger partial charge is 0.103 e. The summed E-state index contributed by atoms with van der Waals surface area (Å²) in [6.45, 7) is 0.820. The summed E-state index contributed by atoms with van der Waals surface area (Å²) in [5, 5.41) is 0. The van der Waals surface area contributed by atoms with Gasteiger partial charge in [-0.1, -0.05) is 18.3 Å². The van der Waals surface area contributed by atoms with Crippen LogP contribution in [0.25, 0.3) is 0 Å². The number of aromatic nitrogens is 1. The van der Waals surface area contributed by atoms with E-state index in [4.69, 9.17) is 18.0 Å². The third-order valence-corrected chi connectivity index (χ3v) is 2.97. The molecular formula is C14H15N3S. The minimum atomic E-state index is 0.427. The standard InChI is InChI=1S/C14H15N3S/c1-17(10-11-3-2-8-16-9-11)13-6-4-12(5-7-13)14(15)18/h2-9H,10H2,1H3,(H2,15,18). The van der Waals surface area contributed by atoms with Crippen LogP contribution in [0.3, 0.4) is 0 Å². The fourth-order valence-corrected chi connectivity index (χ4v) is 1.87. The first-order valence-electron chi connectivity index (χ1n) is 5.67. The van der Waals surface area contributed by atoms with E-state index in [0.717, 1.165) is 17.8 Å². The second-order valence-corrected chi connectivity index (χ2v) is 4.57. The molecule has 0 bridgehead atoms. The summed E-state index contributed by atoms with van der Waals surface area (Å²) in [4.78, 5) is 6.69. The number of rotatable bonds is 4. The van der Waals surface area contributed by atoms with E-state index in [0.29, 0.717) is 4.99 Å². The van der Waals surface area contributed by atoms with Crippen LogP contribution in [0.1, 0.15) is 11.1 Å². The molecule has 1 aromatic carbocycles. The Hall–Kier alpha value is -1.94. The van der Waals surface area contributed by atoms with E-state index in [2.05, 4.69) is 16.0 Å². The average molecular weight is 257 g/mol. The molecule has 0 atom stereocenters. The fourth-order valence-electron chi connectivity index (χ4n) is 1.74. The molecule has 0 unspecified atom stereocenters. The molecule has 2 rings (SSSR count). The Morgan fingerprint density at radius 2 is 2.00 bits per heavy atom. The SMILES string of the molecule is CN(Cc1cccnc1)c1ccc(C(N)=S)cc1. The number of nitrogens with two attached hydrogens (primary N) is 1. The fraction of sp³-hybridized carbons (Fsp3) is 0.143. The average Bonchev–Trinajstić information content (AvgIpc) is 2.40. The molecule has 0 aliphatic heterocycles. The van der Waals surface area contributed by atoms with Gasteiger partial charge in [0.1, 0.15) is 4.99 Å². The Morgan fingerprint density at radius 1 is 1.28 bits per heavy atom. The number of thiocarbonyl (C=S) groups is 1. The van der Waals surface area contributed by atoms with Crippen LogP contribution in [0.15, 0.2) is 48.8 Å². The number of benzene rings is 1. The molecule has 2 aromatic rings. The van der Waals surface area contributed by atoms with Gasteiger partial charge in [-0.05, 0) is 35.9 Å². The van der Waals surface area contributed by atoms with E-state index in [9.17, 15) is 0 Å². The van der Waals surface area contributed by atoms with Gasteiger partial charge in [-0.2, -0.15) is 0 Å². The molecule has 0 spiro atoms. The van der Waals surface area contributed by atoms with Gasteiger partial charge in [0.2, 0.25) is 0 Å². The Bertz CT molecular complexity index is 522. The maximum atomic E-state index is 5.57. The van der Waals surface area contributed by atoms with Crippen molar-refractivity contribution in [2.75, 3.05) is 11.9 Å². The van der Waals surface area contributed by atoms with Crippen LogP contribution in [0, 0.1) is 0 Å². The van der Waals surface area contributed by atoms with E-state index < -0.39 is 0 Å². The molecule has 0 amide bonds. The zero-order valence-corrected chi connectivity index (χ0v) is 11.0. The van der Waals surface area contributed by atoms with Crippen molar-refractivity contribution in [3.63, 3.8) is 0 Å². The summed E-state index contributed by atoms with van der Waals surface area (Å²) in [5.41, 5.74) is 8.77. The molecule has 18 heavy (non-hydrogen) atoms. The highest BCUT2D eigenvalue weighted by atomic mass is 32.1. The third-order valence-electron chi connectivity index (χ3n) is 2.74.